The van der Waals surface area contributed by atoms with Gasteiger partial charge in [-0.25, -0.2) is 4.68 Å². The van der Waals surface area contributed by atoms with E-state index < -0.39 is 0 Å². The van der Waals surface area contributed by atoms with Gasteiger partial charge in [0.1, 0.15) is 6.07 Å². The van der Waals surface area contributed by atoms with Crippen molar-refractivity contribution in [3.8, 4) is 6.07 Å². The highest BCUT2D eigenvalue weighted by molar-refractivity contribution is 5.29. The van der Waals surface area contributed by atoms with E-state index in [1.807, 2.05) is 6.07 Å². The van der Waals surface area contributed by atoms with Crippen molar-refractivity contribution in [3.05, 3.63) is 27.7 Å². The molecule has 0 aliphatic carbocycles. The van der Waals surface area contributed by atoms with Crippen molar-refractivity contribution >= 4 is 0 Å². The summed E-state index contributed by atoms with van der Waals surface area (Å²) in [6.45, 7) is 1.69. The number of rotatable bonds is 0. The van der Waals surface area contributed by atoms with E-state index >= 15 is 0 Å². The molecule has 0 aliphatic rings. The Kier molecular flexibility index (Phi) is 1.73. The third-order valence-corrected chi connectivity index (χ3v) is 1.40. The first-order valence-electron chi connectivity index (χ1n) is 3.10. The summed E-state index contributed by atoms with van der Waals surface area (Å²) >= 11 is 0. The average molecular weight is 149 g/mol. The molecule has 56 valence electrons. The first-order chi connectivity index (χ1) is 5.15. The monoisotopic (exact) mass is 149 g/mol. The van der Waals surface area contributed by atoms with Gasteiger partial charge in [0, 0.05) is 13.1 Å². The maximum absolute atomic E-state index is 10.9. The van der Waals surface area contributed by atoms with Crippen molar-refractivity contribution in [2.24, 2.45) is 7.05 Å². The van der Waals surface area contributed by atoms with E-state index in [0.717, 1.165) is 0 Å². The van der Waals surface area contributed by atoms with Crippen LogP contribution in [-0.2, 0) is 7.05 Å². The van der Waals surface area contributed by atoms with Crippen LogP contribution in [0.3, 0.4) is 0 Å². The number of nitriles is 1. The molecule has 0 aromatic carbocycles. The van der Waals surface area contributed by atoms with E-state index in [1.165, 1.54) is 10.7 Å². The van der Waals surface area contributed by atoms with E-state index in [9.17, 15) is 4.79 Å². The van der Waals surface area contributed by atoms with E-state index in [2.05, 4.69) is 5.10 Å². The van der Waals surface area contributed by atoms with Crippen molar-refractivity contribution in [2.45, 2.75) is 6.92 Å². The largest absolute Gasteiger partial charge is 0.268 e. The van der Waals surface area contributed by atoms with E-state index in [0.29, 0.717) is 11.3 Å². The summed E-state index contributed by atoms with van der Waals surface area (Å²) in [4.78, 5) is 10.9. The van der Waals surface area contributed by atoms with Crippen LogP contribution in [0.1, 0.15) is 11.3 Å². The van der Waals surface area contributed by atoms with Crippen LogP contribution in [0, 0.1) is 18.3 Å². The molecule has 0 amide bonds. The van der Waals surface area contributed by atoms with Crippen LogP contribution in [-0.4, -0.2) is 9.78 Å². The van der Waals surface area contributed by atoms with Crippen molar-refractivity contribution in [1.29, 1.82) is 5.26 Å². The molecule has 1 rings (SSSR count). The number of nitrogens with zero attached hydrogens (tertiary/aromatic N) is 3. The zero-order valence-electron chi connectivity index (χ0n) is 6.33. The van der Waals surface area contributed by atoms with Crippen molar-refractivity contribution in [3.63, 3.8) is 0 Å². The van der Waals surface area contributed by atoms with Crippen LogP contribution < -0.4 is 5.56 Å². The maximum atomic E-state index is 10.9. The molecule has 11 heavy (non-hydrogen) atoms. The normalized spacial score (nSPS) is 9.18. The molecule has 1 aromatic rings. The van der Waals surface area contributed by atoms with Gasteiger partial charge in [-0.15, -0.1) is 0 Å². The zero-order chi connectivity index (χ0) is 8.43. The molecule has 4 heteroatoms. The van der Waals surface area contributed by atoms with Gasteiger partial charge in [-0.1, -0.05) is 0 Å². The molecular formula is C7H7N3O. The molecule has 0 saturated heterocycles. The first-order valence-corrected chi connectivity index (χ1v) is 3.10. The molecule has 0 bridgehead atoms. The summed E-state index contributed by atoms with van der Waals surface area (Å²) in [7, 11) is 1.55. The van der Waals surface area contributed by atoms with Crippen LogP contribution in [0.25, 0.3) is 0 Å². The van der Waals surface area contributed by atoms with Gasteiger partial charge in [0.2, 0.25) is 0 Å². The molecule has 0 unspecified atom stereocenters. The Morgan fingerprint density at radius 2 is 2.36 bits per heavy atom. The zero-order valence-corrected chi connectivity index (χ0v) is 6.33. The standard InChI is InChI=1S/C7H7N3O/c1-5-6(4-8)3-7(11)10(2)9-5/h3H,1-2H3. The summed E-state index contributed by atoms with van der Waals surface area (Å²) in [5.74, 6) is 0. The summed E-state index contributed by atoms with van der Waals surface area (Å²) < 4.78 is 1.20. The van der Waals surface area contributed by atoms with E-state index in [4.69, 9.17) is 5.26 Å². The SMILES string of the molecule is Cc1nn(C)c(=O)cc1C#N. The minimum absolute atomic E-state index is 0.257. The topological polar surface area (TPSA) is 58.7 Å². The minimum Gasteiger partial charge on any atom is -0.268 e. The smallest absolute Gasteiger partial charge is 0.267 e. The number of hydrogen-bond acceptors (Lipinski definition) is 3. The Bertz CT molecular complexity index is 372. The predicted octanol–water partition coefficient (Wildman–Crippen LogP) is -0.0396. The molecule has 4 nitrogen and oxygen atoms in total. The number of aryl methyl sites for hydroxylation is 2. The second kappa shape index (κ2) is 2.54. The van der Waals surface area contributed by atoms with Crippen LogP contribution in [0.15, 0.2) is 10.9 Å². The summed E-state index contributed by atoms with van der Waals surface area (Å²) in [6.07, 6.45) is 0. The molecule has 0 saturated carbocycles. The Balaban J connectivity index is 3.48. The van der Waals surface area contributed by atoms with Gasteiger partial charge >= 0.3 is 0 Å². The minimum atomic E-state index is -0.257. The van der Waals surface area contributed by atoms with Crippen molar-refractivity contribution in [1.82, 2.24) is 9.78 Å². The van der Waals surface area contributed by atoms with Gasteiger partial charge in [-0.2, -0.15) is 10.4 Å². The lowest BCUT2D eigenvalue weighted by atomic mass is 10.2. The molecular weight excluding hydrogens is 142 g/mol. The molecule has 1 aromatic heterocycles. The Morgan fingerprint density at radius 1 is 1.73 bits per heavy atom. The fourth-order valence-electron chi connectivity index (χ4n) is 0.763. The lowest BCUT2D eigenvalue weighted by Crippen LogP contribution is -2.20. The molecule has 0 N–H and O–H groups in total. The van der Waals surface area contributed by atoms with Crippen LogP contribution in [0.4, 0.5) is 0 Å². The first kappa shape index (κ1) is 7.48. The highest BCUT2D eigenvalue weighted by Crippen LogP contribution is 1.95. The molecule has 0 atom stereocenters. The molecule has 0 radical (unpaired) electrons. The third kappa shape index (κ3) is 1.27. The highest BCUT2D eigenvalue weighted by Gasteiger charge is 2.00. The fourth-order valence-corrected chi connectivity index (χ4v) is 0.763. The van der Waals surface area contributed by atoms with E-state index in [1.54, 1.807) is 14.0 Å². The van der Waals surface area contributed by atoms with E-state index in [-0.39, 0.29) is 5.56 Å². The average Bonchev–Trinajstić information content (AvgIpc) is 1.97. The van der Waals surface area contributed by atoms with Crippen LogP contribution >= 0.6 is 0 Å². The van der Waals surface area contributed by atoms with Crippen molar-refractivity contribution < 1.29 is 0 Å². The van der Waals surface area contributed by atoms with Gasteiger partial charge in [-0.3, -0.25) is 4.79 Å². The van der Waals surface area contributed by atoms with Gasteiger partial charge in [0.05, 0.1) is 11.3 Å². The predicted molar refractivity (Wildman–Crippen MR) is 38.9 cm³/mol. The maximum Gasteiger partial charge on any atom is 0.267 e. The lowest BCUT2D eigenvalue weighted by Gasteiger charge is -1.97. The lowest BCUT2D eigenvalue weighted by molar-refractivity contribution is 0.690. The number of aromatic nitrogens is 2. The molecule has 1 heterocycles. The summed E-state index contributed by atoms with van der Waals surface area (Å²) in [6, 6.07) is 3.17. The van der Waals surface area contributed by atoms with Crippen LogP contribution in [0.5, 0.6) is 0 Å². The summed E-state index contributed by atoms with van der Waals surface area (Å²) in [5.41, 5.74) is 0.662. The Morgan fingerprint density at radius 3 is 2.91 bits per heavy atom. The quantitative estimate of drug-likeness (QED) is 0.520. The number of hydrogen-bond donors (Lipinski definition) is 0. The second-order valence-electron chi connectivity index (χ2n) is 2.22. The Hall–Kier alpha value is -1.63. The van der Waals surface area contributed by atoms with Gasteiger partial charge < -0.3 is 0 Å². The second-order valence-corrected chi connectivity index (χ2v) is 2.22. The molecule has 0 spiro atoms. The molecule has 0 aliphatic heterocycles. The summed E-state index contributed by atoms with van der Waals surface area (Å²) in [5, 5.41) is 12.3. The van der Waals surface area contributed by atoms with Gasteiger partial charge in [0.15, 0.2) is 0 Å². The highest BCUT2D eigenvalue weighted by atomic mass is 16.1. The van der Waals surface area contributed by atoms with Gasteiger partial charge in [0.25, 0.3) is 5.56 Å². The third-order valence-electron chi connectivity index (χ3n) is 1.40. The Labute approximate surface area is 63.7 Å². The van der Waals surface area contributed by atoms with Crippen LogP contribution in [0.2, 0.25) is 0 Å². The van der Waals surface area contributed by atoms with Gasteiger partial charge in [-0.05, 0) is 6.92 Å². The fraction of sp³-hybridized carbons (Fsp3) is 0.286. The van der Waals surface area contributed by atoms with Crippen molar-refractivity contribution in [2.75, 3.05) is 0 Å². The molecule has 0 fully saturated rings.